The zero-order valence-electron chi connectivity index (χ0n) is 23.4. The van der Waals surface area contributed by atoms with Crippen molar-refractivity contribution < 1.29 is 8.83 Å². The van der Waals surface area contributed by atoms with Gasteiger partial charge in [-0.2, -0.15) is 0 Å². The number of furan rings is 2. The molecule has 0 amide bonds. The Morgan fingerprint density at radius 3 is 1.50 bits per heavy atom. The van der Waals surface area contributed by atoms with Crippen molar-refractivity contribution in [3.8, 4) is 45.3 Å². The summed E-state index contributed by atoms with van der Waals surface area (Å²) < 4.78 is 12.4. The largest absolute Gasteiger partial charge is 0.456 e. The molecule has 5 heteroatoms. The van der Waals surface area contributed by atoms with Crippen molar-refractivity contribution in [1.29, 1.82) is 0 Å². The van der Waals surface area contributed by atoms with E-state index in [1.54, 1.807) is 0 Å². The van der Waals surface area contributed by atoms with E-state index in [2.05, 4.69) is 60.7 Å². The molecule has 0 saturated heterocycles. The molecule has 0 aliphatic rings. The fraction of sp³-hybridized carbons (Fsp3) is 0. The molecule has 3 aromatic heterocycles. The molecule has 0 fully saturated rings. The van der Waals surface area contributed by atoms with Gasteiger partial charge in [0.25, 0.3) is 0 Å². The van der Waals surface area contributed by atoms with Crippen LogP contribution in [-0.4, -0.2) is 15.0 Å². The third-order valence-corrected chi connectivity index (χ3v) is 8.14. The van der Waals surface area contributed by atoms with Gasteiger partial charge in [-0.1, -0.05) is 91.0 Å². The molecule has 0 radical (unpaired) electrons. The number of hydrogen-bond donors (Lipinski definition) is 0. The maximum absolute atomic E-state index is 6.22. The van der Waals surface area contributed by atoms with Crippen molar-refractivity contribution in [2.24, 2.45) is 0 Å². The van der Waals surface area contributed by atoms with Crippen molar-refractivity contribution in [3.05, 3.63) is 140 Å². The van der Waals surface area contributed by atoms with Crippen LogP contribution >= 0.6 is 0 Å². The topological polar surface area (TPSA) is 65.0 Å². The molecule has 3 heterocycles. The van der Waals surface area contributed by atoms with E-state index in [9.17, 15) is 0 Å². The van der Waals surface area contributed by atoms with Crippen LogP contribution in [0.4, 0.5) is 0 Å². The van der Waals surface area contributed by atoms with Crippen LogP contribution in [0.5, 0.6) is 0 Å². The number of aromatic nitrogens is 3. The average molecular weight is 566 g/mol. The van der Waals surface area contributed by atoms with Crippen LogP contribution < -0.4 is 0 Å². The predicted molar refractivity (Wildman–Crippen MR) is 176 cm³/mol. The fourth-order valence-electron chi connectivity index (χ4n) is 5.94. The molecular formula is C39H23N3O2. The van der Waals surface area contributed by atoms with E-state index in [-0.39, 0.29) is 0 Å². The molecule has 9 rings (SSSR count). The number of fused-ring (bicyclic) bond motifs is 6. The quantitative estimate of drug-likeness (QED) is 0.212. The Hall–Kier alpha value is -6.07. The number of para-hydroxylation sites is 1. The molecule has 0 saturated carbocycles. The summed E-state index contributed by atoms with van der Waals surface area (Å²) in [5.41, 5.74) is 8.29. The molecule has 5 nitrogen and oxygen atoms in total. The van der Waals surface area contributed by atoms with Gasteiger partial charge in [-0.05, 0) is 59.7 Å². The summed E-state index contributed by atoms with van der Waals surface area (Å²) in [6.07, 6.45) is 0. The molecule has 44 heavy (non-hydrogen) atoms. The first-order valence-electron chi connectivity index (χ1n) is 14.5. The van der Waals surface area contributed by atoms with Crippen LogP contribution in [0.15, 0.2) is 148 Å². The highest BCUT2D eigenvalue weighted by Crippen LogP contribution is 2.36. The highest BCUT2D eigenvalue weighted by Gasteiger charge is 2.16. The van der Waals surface area contributed by atoms with Crippen LogP contribution in [0.2, 0.25) is 0 Å². The van der Waals surface area contributed by atoms with E-state index >= 15 is 0 Å². The van der Waals surface area contributed by atoms with E-state index in [1.165, 1.54) is 0 Å². The normalized spacial score (nSPS) is 11.6. The summed E-state index contributed by atoms with van der Waals surface area (Å²) in [5.74, 6) is 1.78. The summed E-state index contributed by atoms with van der Waals surface area (Å²) in [6, 6.07) is 47.1. The first kappa shape index (κ1) is 24.5. The fourth-order valence-corrected chi connectivity index (χ4v) is 5.94. The van der Waals surface area contributed by atoms with Crippen LogP contribution in [0.25, 0.3) is 89.2 Å². The van der Waals surface area contributed by atoms with E-state index in [1.807, 2.05) is 78.9 Å². The maximum atomic E-state index is 6.22. The summed E-state index contributed by atoms with van der Waals surface area (Å²) in [7, 11) is 0. The maximum Gasteiger partial charge on any atom is 0.164 e. The summed E-state index contributed by atoms with van der Waals surface area (Å²) >= 11 is 0. The standard InChI is InChI=1S/C39H23N3O2/c1-3-9-24(10-4-1)26-16-19-34-31(21-26)32-22-27(17-20-35(32)43-34)38-40-37(25-11-5-2-6-12-25)41-39(42-38)28-15-18-30-29-13-7-8-14-33(29)44-36(30)23-28/h1-23H. The molecule has 6 aromatic carbocycles. The van der Waals surface area contributed by atoms with Crippen molar-refractivity contribution in [2.45, 2.75) is 0 Å². The van der Waals surface area contributed by atoms with Crippen molar-refractivity contribution in [1.82, 2.24) is 15.0 Å². The highest BCUT2D eigenvalue weighted by atomic mass is 16.3. The Balaban J connectivity index is 1.22. The lowest BCUT2D eigenvalue weighted by Crippen LogP contribution is -2.00. The number of benzene rings is 6. The average Bonchev–Trinajstić information content (AvgIpc) is 3.66. The van der Waals surface area contributed by atoms with Gasteiger partial charge < -0.3 is 8.83 Å². The minimum Gasteiger partial charge on any atom is -0.456 e. The van der Waals surface area contributed by atoms with Gasteiger partial charge in [0.1, 0.15) is 22.3 Å². The number of nitrogens with zero attached hydrogens (tertiary/aromatic N) is 3. The summed E-state index contributed by atoms with van der Waals surface area (Å²) in [5, 5.41) is 4.22. The Morgan fingerprint density at radius 2 is 0.773 bits per heavy atom. The van der Waals surface area contributed by atoms with Gasteiger partial charge >= 0.3 is 0 Å². The first-order valence-corrected chi connectivity index (χ1v) is 14.5. The lowest BCUT2D eigenvalue weighted by molar-refractivity contribution is 0.668. The number of rotatable bonds is 4. The van der Waals surface area contributed by atoms with E-state index in [0.717, 1.165) is 71.7 Å². The molecule has 0 N–H and O–H groups in total. The predicted octanol–water partition coefficient (Wildman–Crippen LogP) is 10.3. The minimum atomic E-state index is 0.583. The Morgan fingerprint density at radius 1 is 0.295 bits per heavy atom. The molecule has 0 bridgehead atoms. The smallest absolute Gasteiger partial charge is 0.164 e. The number of hydrogen-bond acceptors (Lipinski definition) is 5. The van der Waals surface area contributed by atoms with Crippen LogP contribution in [-0.2, 0) is 0 Å². The van der Waals surface area contributed by atoms with Crippen LogP contribution in [0.1, 0.15) is 0 Å². The Bertz CT molecular complexity index is 2500. The molecular weight excluding hydrogens is 542 g/mol. The lowest BCUT2D eigenvalue weighted by Gasteiger charge is -2.08. The van der Waals surface area contributed by atoms with Gasteiger partial charge in [0.05, 0.1) is 0 Å². The zero-order valence-corrected chi connectivity index (χ0v) is 23.4. The summed E-state index contributed by atoms with van der Waals surface area (Å²) in [6.45, 7) is 0. The van der Waals surface area contributed by atoms with Crippen LogP contribution in [0.3, 0.4) is 0 Å². The monoisotopic (exact) mass is 565 g/mol. The third kappa shape index (κ3) is 4.06. The van der Waals surface area contributed by atoms with Gasteiger partial charge in [-0.25, -0.2) is 15.0 Å². The molecule has 0 unspecified atom stereocenters. The second kappa shape index (κ2) is 9.75. The SMILES string of the molecule is c1ccc(-c2ccc3oc4ccc(-c5nc(-c6ccccc6)nc(-c6ccc7c(c6)oc6ccccc67)n5)cc4c3c2)cc1. The Labute approximate surface area is 252 Å². The van der Waals surface area contributed by atoms with E-state index in [4.69, 9.17) is 23.8 Å². The van der Waals surface area contributed by atoms with Crippen LogP contribution in [0, 0.1) is 0 Å². The summed E-state index contributed by atoms with van der Waals surface area (Å²) in [4.78, 5) is 14.9. The first-order chi connectivity index (χ1) is 21.8. The van der Waals surface area contributed by atoms with Gasteiger partial charge in [0, 0.05) is 38.2 Å². The highest BCUT2D eigenvalue weighted by molar-refractivity contribution is 6.08. The van der Waals surface area contributed by atoms with Crippen molar-refractivity contribution in [3.63, 3.8) is 0 Å². The van der Waals surface area contributed by atoms with Crippen molar-refractivity contribution in [2.75, 3.05) is 0 Å². The third-order valence-electron chi connectivity index (χ3n) is 8.14. The molecule has 0 atom stereocenters. The van der Waals surface area contributed by atoms with Gasteiger partial charge in [0.2, 0.25) is 0 Å². The van der Waals surface area contributed by atoms with E-state index < -0.39 is 0 Å². The molecule has 0 aliphatic heterocycles. The van der Waals surface area contributed by atoms with Gasteiger partial charge in [-0.3, -0.25) is 0 Å². The minimum absolute atomic E-state index is 0.583. The molecule has 0 aliphatic carbocycles. The molecule has 9 aromatic rings. The molecule has 0 spiro atoms. The Kier molecular flexibility index (Phi) is 5.43. The van der Waals surface area contributed by atoms with Gasteiger partial charge in [0.15, 0.2) is 17.5 Å². The zero-order chi connectivity index (χ0) is 29.0. The van der Waals surface area contributed by atoms with Crippen molar-refractivity contribution >= 4 is 43.9 Å². The van der Waals surface area contributed by atoms with Gasteiger partial charge in [-0.15, -0.1) is 0 Å². The second-order valence-corrected chi connectivity index (χ2v) is 10.9. The molecule has 206 valence electrons. The lowest BCUT2D eigenvalue weighted by atomic mass is 10.0. The van der Waals surface area contributed by atoms with E-state index in [0.29, 0.717) is 17.5 Å². The second-order valence-electron chi connectivity index (χ2n) is 10.9.